The smallest absolute Gasteiger partial charge is 0.335 e. The van der Waals surface area contributed by atoms with Crippen molar-refractivity contribution in [2.45, 2.75) is 218 Å². The summed E-state index contributed by atoms with van der Waals surface area (Å²) in [6.45, 7) is 4.51. The molecular formula is C36H68O6. The van der Waals surface area contributed by atoms with Gasteiger partial charge in [0.25, 0.3) is 0 Å². The highest BCUT2D eigenvalue weighted by molar-refractivity contribution is 5.74. The molecule has 0 aromatic heterocycles. The van der Waals surface area contributed by atoms with E-state index < -0.39 is 29.9 Å². The Labute approximate surface area is 259 Å². The fourth-order valence-electron chi connectivity index (χ4n) is 6.39. The van der Waals surface area contributed by atoms with Crippen LogP contribution in [0.15, 0.2) is 0 Å². The Balaban J connectivity index is 2.24. The third kappa shape index (κ3) is 19.9. The summed E-state index contributed by atoms with van der Waals surface area (Å²) in [5.41, 5.74) is 0. The zero-order valence-electron chi connectivity index (χ0n) is 27.7. The fourth-order valence-corrected chi connectivity index (χ4v) is 6.39. The quantitative estimate of drug-likeness (QED) is 0.0773. The summed E-state index contributed by atoms with van der Waals surface area (Å²) in [5, 5.41) is 19.3. The van der Waals surface area contributed by atoms with E-state index in [1.165, 1.54) is 128 Å². The van der Waals surface area contributed by atoms with Crippen molar-refractivity contribution in [1.82, 2.24) is 0 Å². The van der Waals surface area contributed by atoms with Gasteiger partial charge < -0.3 is 19.7 Å². The molecule has 248 valence electrons. The van der Waals surface area contributed by atoms with E-state index >= 15 is 0 Å². The summed E-state index contributed by atoms with van der Waals surface area (Å²) < 4.78 is 12.1. The highest BCUT2D eigenvalue weighted by Crippen LogP contribution is 2.38. The molecule has 1 aliphatic rings. The number of carboxylic acids is 2. The van der Waals surface area contributed by atoms with Crippen molar-refractivity contribution < 1.29 is 29.3 Å². The van der Waals surface area contributed by atoms with Gasteiger partial charge in [-0.25, -0.2) is 4.79 Å². The van der Waals surface area contributed by atoms with E-state index in [0.717, 1.165) is 38.5 Å². The molecule has 1 fully saturated rings. The molecule has 0 radical (unpaired) electrons. The van der Waals surface area contributed by atoms with Crippen LogP contribution in [-0.2, 0) is 19.1 Å². The third-order valence-corrected chi connectivity index (χ3v) is 8.96. The normalized spacial score (nSPS) is 20.3. The molecule has 0 aromatic carbocycles. The van der Waals surface area contributed by atoms with Crippen molar-refractivity contribution in [3.63, 3.8) is 0 Å². The van der Waals surface area contributed by atoms with Crippen LogP contribution in [0.5, 0.6) is 0 Å². The predicted molar refractivity (Wildman–Crippen MR) is 173 cm³/mol. The van der Waals surface area contributed by atoms with Gasteiger partial charge in [-0.05, 0) is 12.8 Å². The van der Waals surface area contributed by atoms with E-state index in [2.05, 4.69) is 13.8 Å². The molecule has 0 aliphatic carbocycles. The SMILES string of the molecule is CCCCCCCCCCCCCCC[C@@H]1O[C@](CCCCCCCCCCCCCCC)(CC(=O)O)O[C@@H]1C(=O)O. The maximum atomic E-state index is 12.0. The number of unbranched alkanes of at least 4 members (excludes halogenated alkanes) is 24. The maximum Gasteiger partial charge on any atom is 0.335 e. The van der Waals surface area contributed by atoms with Crippen molar-refractivity contribution in [2.75, 3.05) is 0 Å². The lowest BCUT2D eigenvalue weighted by molar-refractivity contribution is -0.199. The van der Waals surface area contributed by atoms with Gasteiger partial charge in [-0.15, -0.1) is 0 Å². The van der Waals surface area contributed by atoms with Gasteiger partial charge in [0, 0.05) is 6.42 Å². The van der Waals surface area contributed by atoms with E-state index in [1.807, 2.05) is 0 Å². The molecule has 1 rings (SSSR count). The molecule has 0 spiro atoms. The van der Waals surface area contributed by atoms with Crippen LogP contribution in [-0.4, -0.2) is 40.1 Å². The Morgan fingerprint density at radius 1 is 0.524 bits per heavy atom. The van der Waals surface area contributed by atoms with Crippen molar-refractivity contribution in [2.24, 2.45) is 0 Å². The molecular weight excluding hydrogens is 528 g/mol. The second-order valence-corrected chi connectivity index (χ2v) is 13.0. The van der Waals surface area contributed by atoms with E-state index in [4.69, 9.17) is 9.47 Å². The highest BCUT2D eigenvalue weighted by Gasteiger charge is 2.51. The van der Waals surface area contributed by atoms with Gasteiger partial charge in [0.15, 0.2) is 11.9 Å². The largest absolute Gasteiger partial charge is 0.481 e. The van der Waals surface area contributed by atoms with Crippen LogP contribution in [0.1, 0.15) is 200 Å². The number of rotatable bonds is 31. The first kappa shape index (κ1) is 38.9. The minimum atomic E-state index is -1.31. The van der Waals surface area contributed by atoms with Crippen LogP contribution in [0.25, 0.3) is 0 Å². The van der Waals surface area contributed by atoms with Gasteiger partial charge in [-0.3, -0.25) is 4.79 Å². The molecule has 2 N–H and O–H groups in total. The first-order valence-electron chi connectivity index (χ1n) is 18.2. The van der Waals surface area contributed by atoms with Crippen LogP contribution in [0.3, 0.4) is 0 Å². The number of ether oxygens (including phenoxy) is 2. The predicted octanol–water partition coefficient (Wildman–Crippen LogP) is 11.0. The number of hydrogen-bond acceptors (Lipinski definition) is 4. The number of hydrogen-bond donors (Lipinski definition) is 2. The Kier molecular flexibility index (Phi) is 24.3. The van der Waals surface area contributed by atoms with Crippen molar-refractivity contribution >= 4 is 11.9 Å². The van der Waals surface area contributed by atoms with Gasteiger partial charge >= 0.3 is 11.9 Å². The second-order valence-electron chi connectivity index (χ2n) is 13.0. The van der Waals surface area contributed by atoms with Gasteiger partial charge in [0.05, 0.1) is 12.5 Å². The van der Waals surface area contributed by atoms with Crippen LogP contribution in [0.4, 0.5) is 0 Å². The Bertz CT molecular complexity index is 653. The number of aliphatic carboxylic acids is 2. The zero-order chi connectivity index (χ0) is 30.7. The molecule has 0 amide bonds. The van der Waals surface area contributed by atoms with Crippen molar-refractivity contribution in [3.05, 3.63) is 0 Å². The monoisotopic (exact) mass is 597 g/mol. The summed E-state index contributed by atoms with van der Waals surface area (Å²) in [6.07, 6.45) is 31.6. The third-order valence-electron chi connectivity index (χ3n) is 8.96. The standard InChI is InChI=1S/C36H68O6/c1-3-5-7-9-11-13-15-17-19-21-23-25-27-29-32-34(35(39)40)42-36(41-32,31-33(37)38)30-28-26-24-22-20-18-16-14-12-10-8-6-4-2/h32,34H,3-31H2,1-2H3,(H,37,38)(H,39,40)/t32-,34-,36-/m0/s1. The fraction of sp³-hybridized carbons (Fsp3) is 0.944. The van der Waals surface area contributed by atoms with Gasteiger partial charge in [0.1, 0.15) is 0 Å². The molecule has 1 saturated heterocycles. The average Bonchev–Trinajstić information content (AvgIpc) is 3.31. The Morgan fingerprint density at radius 3 is 1.24 bits per heavy atom. The molecule has 42 heavy (non-hydrogen) atoms. The van der Waals surface area contributed by atoms with E-state index in [1.54, 1.807) is 0 Å². The Morgan fingerprint density at radius 2 is 0.881 bits per heavy atom. The van der Waals surface area contributed by atoms with Crippen molar-refractivity contribution in [1.29, 1.82) is 0 Å². The maximum absolute atomic E-state index is 12.0. The van der Waals surface area contributed by atoms with Crippen LogP contribution in [0.2, 0.25) is 0 Å². The summed E-state index contributed by atoms with van der Waals surface area (Å²) in [6, 6.07) is 0. The minimum Gasteiger partial charge on any atom is -0.481 e. The summed E-state index contributed by atoms with van der Waals surface area (Å²) in [7, 11) is 0. The molecule has 0 saturated carbocycles. The molecule has 1 heterocycles. The van der Waals surface area contributed by atoms with Crippen LogP contribution >= 0.6 is 0 Å². The number of carboxylic acid groups (broad SMARTS) is 2. The van der Waals surface area contributed by atoms with Gasteiger partial charge in [-0.2, -0.15) is 0 Å². The summed E-state index contributed by atoms with van der Waals surface area (Å²) >= 11 is 0. The molecule has 6 nitrogen and oxygen atoms in total. The summed E-state index contributed by atoms with van der Waals surface area (Å²) in [5.74, 6) is -3.36. The summed E-state index contributed by atoms with van der Waals surface area (Å²) in [4.78, 5) is 23.6. The minimum absolute atomic E-state index is 0.301. The average molecular weight is 597 g/mol. The molecule has 0 bridgehead atoms. The zero-order valence-corrected chi connectivity index (χ0v) is 27.7. The lowest BCUT2D eigenvalue weighted by atomic mass is 10.0. The van der Waals surface area contributed by atoms with Gasteiger partial charge in [-0.1, -0.05) is 174 Å². The molecule has 1 aliphatic heterocycles. The van der Waals surface area contributed by atoms with E-state index in [-0.39, 0.29) is 6.42 Å². The van der Waals surface area contributed by atoms with Crippen LogP contribution < -0.4 is 0 Å². The second kappa shape index (κ2) is 26.3. The lowest BCUT2D eigenvalue weighted by Gasteiger charge is -2.26. The first-order chi connectivity index (χ1) is 20.4. The van der Waals surface area contributed by atoms with Crippen LogP contribution in [0, 0.1) is 0 Å². The molecule has 0 aromatic rings. The Hall–Kier alpha value is -1.14. The molecule has 6 heteroatoms. The van der Waals surface area contributed by atoms with E-state index in [0.29, 0.717) is 12.8 Å². The topological polar surface area (TPSA) is 93.1 Å². The number of carbonyl (C=O) groups is 2. The van der Waals surface area contributed by atoms with E-state index in [9.17, 15) is 19.8 Å². The first-order valence-corrected chi connectivity index (χ1v) is 18.2. The van der Waals surface area contributed by atoms with Gasteiger partial charge in [0.2, 0.25) is 0 Å². The highest BCUT2D eigenvalue weighted by atomic mass is 16.8. The molecule has 3 atom stereocenters. The lowest BCUT2D eigenvalue weighted by Crippen LogP contribution is -2.35. The molecule has 0 unspecified atom stereocenters. The van der Waals surface area contributed by atoms with Crippen molar-refractivity contribution in [3.8, 4) is 0 Å².